The predicted molar refractivity (Wildman–Crippen MR) is 160 cm³/mol. The first-order chi connectivity index (χ1) is 18.7. The van der Waals surface area contributed by atoms with Crippen LogP contribution < -0.4 is 0 Å². The van der Waals surface area contributed by atoms with E-state index in [2.05, 4.69) is 119 Å². The molecule has 0 radical (unpaired) electrons. The van der Waals surface area contributed by atoms with Crippen molar-refractivity contribution in [3.63, 3.8) is 0 Å². The molecule has 0 aliphatic carbocycles. The molecule has 0 atom stereocenters. The second kappa shape index (κ2) is 8.01. The first-order valence-corrected chi connectivity index (χ1v) is 13.8. The van der Waals surface area contributed by atoms with Crippen molar-refractivity contribution in [1.29, 1.82) is 0 Å². The molecule has 38 heavy (non-hydrogen) atoms. The van der Waals surface area contributed by atoms with Crippen molar-refractivity contribution >= 4 is 59.8 Å². The Kier molecular flexibility index (Phi) is 4.55. The number of pyridine rings is 2. The molecule has 0 N–H and O–H groups in total. The van der Waals surface area contributed by atoms with Gasteiger partial charge in [-0.25, -0.2) is 9.97 Å². The monoisotopic (exact) mass is 508 g/mol. The highest BCUT2D eigenvalue weighted by molar-refractivity contribution is 7.18. The van der Waals surface area contributed by atoms with E-state index in [1.165, 1.54) is 42.3 Å². The Hall–Kier alpha value is -4.48. The summed E-state index contributed by atoms with van der Waals surface area (Å²) in [7, 11) is 0. The third-order valence-electron chi connectivity index (χ3n) is 7.68. The fourth-order valence-corrected chi connectivity index (χ4v) is 6.98. The Bertz CT molecular complexity index is 2190. The van der Waals surface area contributed by atoms with Gasteiger partial charge in [0.1, 0.15) is 10.5 Å². The number of hydrogen-bond donors (Lipinski definition) is 0. The number of para-hydroxylation sites is 1. The van der Waals surface area contributed by atoms with E-state index in [0.29, 0.717) is 0 Å². The molecule has 0 fully saturated rings. The van der Waals surface area contributed by atoms with Crippen LogP contribution in [0.5, 0.6) is 0 Å². The Morgan fingerprint density at radius 2 is 1.47 bits per heavy atom. The van der Waals surface area contributed by atoms with E-state index >= 15 is 0 Å². The van der Waals surface area contributed by atoms with Crippen molar-refractivity contribution < 1.29 is 0 Å². The molecule has 0 saturated heterocycles. The van der Waals surface area contributed by atoms with Gasteiger partial charge in [0.05, 0.1) is 11.4 Å². The molecule has 4 nitrogen and oxygen atoms in total. The third kappa shape index (κ3) is 3.02. The maximum Gasteiger partial charge on any atom is 0.145 e. The summed E-state index contributed by atoms with van der Waals surface area (Å²) in [4.78, 5) is 12.4. The summed E-state index contributed by atoms with van der Waals surface area (Å²) < 4.78 is 4.59. The molecule has 3 aromatic carbocycles. The normalized spacial score (nSPS) is 12.1. The number of hydrogen-bond acceptors (Lipinski definition) is 3. The van der Waals surface area contributed by atoms with Gasteiger partial charge < -0.3 is 4.57 Å². The van der Waals surface area contributed by atoms with Crippen LogP contribution in [0.3, 0.4) is 0 Å². The second-order valence-electron chi connectivity index (χ2n) is 9.86. The Balaban J connectivity index is 1.30. The minimum absolute atomic E-state index is 0.945. The van der Waals surface area contributed by atoms with E-state index in [9.17, 15) is 0 Å². The molecule has 8 rings (SSSR count). The smallest absolute Gasteiger partial charge is 0.145 e. The number of thiophene rings is 1. The number of benzene rings is 3. The number of aromatic nitrogens is 4. The molecule has 5 heteroatoms. The van der Waals surface area contributed by atoms with Gasteiger partial charge in [0, 0.05) is 67.5 Å². The van der Waals surface area contributed by atoms with Crippen molar-refractivity contribution in [2.45, 2.75) is 20.4 Å². The van der Waals surface area contributed by atoms with Gasteiger partial charge in [-0.3, -0.25) is 4.40 Å². The van der Waals surface area contributed by atoms with Crippen molar-refractivity contribution in [2.24, 2.45) is 0 Å². The molecule has 0 amide bonds. The maximum atomic E-state index is 5.15. The molecule has 0 unspecified atom stereocenters. The van der Waals surface area contributed by atoms with Crippen LogP contribution in [-0.2, 0) is 6.54 Å². The maximum absolute atomic E-state index is 5.15. The van der Waals surface area contributed by atoms with Crippen LogP contribution in [0.4, 0.5) is 0 Å². The molecular weight excluding hydrogens is 484 g/mol. The molecule has 0 aliphatic rings. The lowest BCUT2D eigenvalue weighted by molar-refractivity contribution is 0.827. The third-order valence-corrected chi connectivity index (χ3v) is 8.72. The van der Waals surface area contributed by atoms with E-state index in [0.717, 1.165) is 40.1 Å². The summed E-state index contributed by atoms with van der Waals surface area (Å²) in [6, 6.07) is 30.7. The molecule has 0 aliphatic heterocycles. The number of imidazole rings is 1. The van der Waals surface area contributed by atoms with Gasteiger partial charge in [-0.1, -0.05) is 36.4 Å². The predicted octanol–water partition coefficient (Wildman–Crippen LogP) is 8.87. The van der Waals surface area contributed by atoms with Crippen LogP contribution in [0.2, 0.25) is 0 Å². The highest BCUT2D eigenvalue weighted by atomic mass is 32.1. The summed E-state index contributed by atoms with van der Waals surface area (Å²) in [5, 5.41) is 6.22. The van der Waals surface area contributed by atoms with Gasteiger partial charge in [0.25, 0.3) is 0 Å². The lowest BCUT2D eigenvalue weighted by Crippen LogP contribution is -1.93. The number of fused-ring (bicyclic) bond motifs is 9. The van der Waals surface area contributed by atoms with E-state index in [1.807, 2.05) is 17.5 Å². The minimum atomic E-state index is 0.945. The molecule has 0 bridgehead atoms. The van der Waals surface area contributed by atoms with Crippen LogP contribution in [0, 0.1) is 6.92 Å². The first-order valence-electron chi connectivity index (χ1n) is 13.0. The molecule has 5 heterocycles. The average Bonchev–Trinajstić information content (AvgIpc) is 3.68. The van der Waals surface area contributed by atoms with Crippen molar-refractivity contribution in [3.8, 4) is 22.5 Å². The van der Waals surface area contributed by atoms with Gasteiger partial charge in [0.2, 0.25) is 0 Å². The average molecular weight is 509 g/mol. The summed E-state index contributed by atoms with van der Waals surface area (Å²) in [6.07, 6.45) is 3.94. The molecule has 5 aromatic heterocycles. The van der Waals surface area contributed by atoms with Crippen molar-refractivity contribution in [2.75, 3.05) is 0 Å². The zero-order valence-electron chi connectivity index (χ0n) is 21.1. The molecule has 8 aromatic rings. The van der Waals surface area contributed by atoms with Gasteiger partial charge in [-0.05, 0) is 67.8 Å². The fourth-order valence-electron chi connectivity index (χ4n) is 5.97. The van der Waals surface area contributed by atoms with Gasteiger partial charge in [-0.2, -0.15) is 0 Å². The molecule has 0 saturated carbocycles. The van der Waals surface area contributed by atoms with Crippen molar-refractivity contribution in [3.05, 3.63) is 102 Å². The summed E-state index contributed by atoms with van der Waals surface area (Å²) in [5.41, 5.74) is 7.76. The van der Waals surface area contributed by atoms with Gasteiger partial charge in [-0.15, -0.1) is 11.3 Å². The summed E-state index contributed by atoms with van der Waals surface area (Å²) in [6.45, 7) is 5.32. The topological polar surface area (TPSA) is 35.1 Å². The van der Waals surface area contributed by atoms with Crippen LogP contribution in [0.15, 0.2) is 97.3 Å². The molecule has 182 valence electrons. The number of nitrogens with zero attached hydrogens (tertiary/aromatic N) is 4. The SMILES string of the molecule is CCn1c2ccccc2c2cc(-c3cccc(-c4ccc5c(c4)c4cc(C)sc4n4ccnc54)n3)ccc21. The standard InChI is InChI=1S/C33H24N4S/c1-3-36-30-10-5-4-7-23(30)26-19-22(12-14-31(26)36)29-9-6-8-28(35-29)21-11-13-24-25(18-21)27-17-20(2)38-33(27)37-16-15-34-32(24)37/h4-19H,3H2,1-2H3. The zero-order valence-corrected chi connectivity index (χ0v) is 22.0. The van der Waals surface area contributed by atoms with Gasteiger partial charge in [0.15, 0.2) is 0 Å². The Morgan fingerprint density at radius 3 is 2.32 bits per heavy atom. The quantitative estimate of drug-likeness (QED) is 0.239. The van der Waals surface area contributed by atoms with Crippen molar-refractivity contribution in [1.82, 2.24) is 18.9 Å². The Labute approximate surface area is 223 Å². The first kappa shape index (κ1) is 21.6. The number of aryl methyl sites for hydroxylation is 2. The van der Waals surface area contributed by atoms with Crippen LogP contribution in [0.25, 0.3) is 71.0 Å². The molecule has 0 spiro atoms. The van der Waals surface area contributed by atoms with E-state index in [-0.39, 0.29) is 0 Å². The summed E-state index contributed by atoms with van der Waals surface area (Å²) >= 11 is 1.81. The van der Waals surface area contributed by atoms with E-state index < -0.39 is 0 Å². The van der Waals surface area contributed by atoms with E-state index in [4.69, 9.17) is 4.98 Å². The van der Waals surface area contributed by atoms with Crippen LogP contribution in [-0.4, -0.2) is 18.9 Å². The van der Waals surface area contributed by atoms with Crippen LogP contribution in [0.1, 0.15) is 11.8 Å². The van der Waals surface area contributed by atoms with E-state index in [1.54, 1.807) is 0 Å². The van der Waals surface area contributed by atoms with Crippen LogP contribution >= 0.6 is 11.3 Å². The molecular formula is C33H24N4S. The highest BCUT2D eigenvalue weighted by Crippen LogP contribution is 2.37. The summed E-state index contributed by atoms with van der Waals surface area (Å²) in [5.74, 6) is 0. The lowest BCUT2D eigenvalue weighted by atomic mass is 10.0. The largest absolute Gasteiger partial charge is 0.341 e. The minimum Gasteiger partial charge on any atom is -0.341 e. The Morgan fingerprint density at radius 1 is 0.711 bits per heavy atom. The second-order valence-corrected chi connectivity index (χ2v) is 11.1. The number of rotatable bonds is 3. The zero-order chi connectivity index (χ0) is 25.4. The van der Waals surface area contributed by atoms with Gasteiger partial charge >= 0.3 is 0 Å². The fraction of sp³-hybridized carbons (Fsp3) is 0.0909. The lowest BCUT2D eigenvalue weighted by Gasteiger charge is -2.09. The highest BCUT2D eigenvalue weighted by Gasteiger charge is 2.14.